The molecule has 0 aliphatic carbocycles. The SMILES string of the molecule is c1ccc(-n2c3ccccc3c3cc(-c4ccc5c(c4)c4cc(-c6ccc(-c7ccc8oc9c(c8c7)c7ccccc7n9-c7ccccc7)cc6)ccc4n5-c4ccccc4)ccc32)cc1. The molecule has 14 aromatic rings. The van der Waals surface area contributed by atoms with E-state index in [0.717, 1.165) is 55.8 Å². The second-order valence-corrected chi connectivity index (χ2v) is 17.3. The van der Waals surface area contributed by atoms with E-state index in [1.54, 1.807) is 0 Å². The Kier molecular flexibility index (Phi) is 7.95. The number of hydrogen-bond donors (Lipinski definition) is 0. The molecule has 0 atom stereocenters. The van der Waals surface area contributed by atoms with Gasteiger partial charge in [-0.15, -0.1) is 0 Å². The van der Waals surface area contributed by atoms with Crippen molar-refractivity contribution < 1.29 is 4.42 Å². The molecule has 308 valence electrons. The van der Waals surface area contributed by atoms with Crippen LogP contribution < -0.4 is 0 Å². The highest BCUT2D eigenvalue weighted by Gasteiger charge is 2.21. The lowest BCUT2D eigenvalue weighted by Crippen LogP contribution is -1.93. The van der Waals surface area contributed by atoms with Crippen molar-refractivity contribution in [3.05, 3.63) is 237 Å². The standard InChI is InChI=1S/C62H39N3O/c1-4-14-46(15-5-1)63-55-22-12-10-20-49(55)51-37-44(29-33-57(51)63)45-30-34-59-53(38-45)52-36-42(28-32-58(52)64(59)47-16-6-2-7-17-47)40-24-26-41(27-25-40)43-31-35-60-54(39-43)61-50-21-11-13-23-56(50)65(62(61)66-60)48-18-8-3-9-19-48/h1-39H. The van der Waals surface area contributed by atoms with Crippen LogP contribution in [0, 0.1) is 0 Å². The van der Waals surface area contributed by atoms with Gasteiger partial charge in [-0.25, -0.2) is 0 Å². The van der Waals surface area contributed by atoms with Gasteiger partial charge in [0.1, 0.15) is 5.58 Å². The first-order valence-electron chi connectivity index (χ1n) is 22.6. The minimum atomic E-state index is 0.870. The first-order chi connectivity index (χ1) is 32.7. The van der Waals surface area contributed by atoms with Crippen molar-refractivity contribution in [1.82, 2.24) is 13.7 Å². The predicted octanol–water partition coefficient (Wildman–Crippen LogP) is 16.7. The Morgan fingerprint density at radius 1 is 0.242 bits per heavy atom. The summed E-state index contributed by atoms with van der Waals surface area (Å²) in [6, 6.07) is 85.6. The third-order valence-electron chi connectivity index (χ3n) is 13.7. The van der Waals surface area contributed by atoms with E-state index < -0.39 is 0 Å². The molecule has 4 heterocycles. The van der Waals surface area contributed by atoms with Gasteiger partial charge in [-0.3, -0.25) is 4.57 Å². The van der Waals surface area contributed by atoms with Crippen LogP contribution in [-0.2, 0) is 0 Å². The Labute approximate surface area is 380 Å². The quantitative estimate of drug-likeness (QED) is 0.164. The van der Waals surface area contributed by atoms with Crippen LogP contribution in [0.3, 0.4) is 0 Å². The predicted molar refractivity (Wildman–Crippen MR) is 276 cm³/mol. The van der Waals surface area contributed by atoms with Crippen molar-refractivity contribution in [3.8, 4) is 50.4 Å². The zero-order valence-electron chi connectivity index (χ0n) is 35.8. The fraction of sp³-hybridized carbons (Fsp3) is 0. The maximum atomic E-state index is 6.63. The monoisotopic (exact) mass is 841 g/mol. The summed E-state index contributed by atoms with van der Waals surface area (Å²) in [6.07, 6.45) is 0. The van der Waals surface area contributed by atoms with Crippen molar-refractivity contribution in [3.63, 3.8) is 0 Å². The molecule has 0 unspecified atom stereocenters. The summed E-state index contributed by atoms with van der Waals surface area (Å²) < 4.78 is 13.6. The lowest BCUT2D eigenvalue weighted by molar-refractivity contribution is 0.645. The zero-order chi connectivity index (χ0) is 43.3. The number of rotatable bonds is 6. The molecule has 66 heavy (non-hydrogen) atoms. The highest BCUT2D eigenvalue weighted by atomic mass is 16.3. The third-order valence-corrected chi connectivity index (χ3v) is 13.7. The number of aromatic nitrogens is 3. The van der Waals surface area contributed by atoms with Crippen LogP contribution in [0.25, 0.3) is 127 Å². The lowest BCUT2D eigenvalue weighted by Gasteiger charge is -2.09. The summed E-state index contributed by atoms with van der Waals surface area (Å²) in [5.41, 5.74) is 18.1. The normalized spacial score (nSPS) is 11.9. The first kappa shape index (κ1) is 36.6. The van der Waals surface area contributed by atoms with Crippen LogP contribution >= 0.6 is 0 Å². The molecule has 0 bridgehead atoms. The van der Waals surface area contributed by atoms with Crippen LogP contribution in [0.1, 0.15) is 0 Å². The topological polar surface area (TPSA) is 27.9 Å². The number of para-hydroxylation sites is 5. The summed E-state index contributed by atoms with van der Waals surface area (Å²) in [7, 11) is 0. The van der Waals surface area contributed by atoms with Gasteiger partial charge in [-0.2, -0.15) is 0 Å². The minimum absolute atomic E-state index is 0.870. The van der Waals surface area contributed by atoms with E-state index in [4.69, 9.17) is 4.42 Å². The van der Waals surface area contributed by atoms with Gasteiger partial charge in [-0.05, 0) is 130 Å². The summed E-state index contributed by atoms with van der Waals surface area (Å²) >= 11 is 0. The highest BCUT2D eigenvalue weighted by Crippen LogP contribution is 2.42. The van der Waals surface area contributed by atoms with Crippen LogP contribution in [-0.4, -0.2) is 13.7 Å². The van der Waals surface area contributed by atoms with Crippen molar-refractivity contribution >= 4 is 76.6 Å². The molecular formula is C62H39N3O. The largest absolute Gasteiger partial charge is 0.439 e. The molecule has 0 saturated carbocycles. The first-order valence-corrected chi connectivity index (χ1v) is 22.6. The van der Waals surface area contributed by atoms with E-state index >= 15 is 0 Å². The molecule has 0 N–H and O–H groups in total. The molecule has 0 saturated heterocycles. The van der Waals surface area contributed by atoms with E-state index in [1.807, 2.05) is 0 Å². The molecule has 0 fully saturated rings. The van der Waals surface area contributed by atoms with Crippen molar-refractivity contribution in [2.75, 3.05) is 0 Å². The molecule has 14 rings (SSSR count). The van der Waals surface area contributed by atoms with Crippen LogP contribution in [0.15, 0.2) is 241 Å². The van der Waals surface area contributed by atoms with E-state index in [2.05, 4.69) is 250 Å². The van der Waals surface area contributed by atoms with E-state index in [9.17, 15) is 0 Å². The van der Waals surface area contributed by atoms with Gasteiger partial charge in [0.05, 0.1) is 33.0 Å². The second kappa shape index (κ2) is 14.3. The van der Waals surface area contributed by atoms with E-state index in [0.29, 0.717) is 0 Å². The summed E-state index contributed by atoms with van der Waals surface area (Å²) in [4.78, 5) is 0. The van der Waals surface area contributed by atoms with Gasteiger partial charge in [-0.1, -0.05) is 140 Å². The number of benzene rings is 10. The molecule has 0 aliphatic rings. The molecule has 0 spiro atoms. The van der Waals surface area contributed by atoms with Crippen molar-refractivity contribution in [1.29, 1.82) is 0 Å². The Balaban J connectivity index is 0.873. The van der Waals surface area contributed by atoms with Gasteiger partial charge in [0.15, 0.2) is 0 Å². The van der Waals surface area contributed by atoms with Gasteiger partial charge in [0.2, 0.25) is 5.71 Å². The van der Waals surface area contributed by atoms with Crippen LogP contribution in [0.4, 0.5) is 0 Å². The molecule has 0 aliphatic heterocycles. The molecule has 4 nitrogen and oxygen atoms in total. The van der Waals surface area contributed by atoms with Gasteiger partial charge in [0, 0.05) is 49.4 Å². The summed E-state index contributed by atoms with van der Waals surface area (Å²) in [6.45, 7) is 0. The molecular weight excluding hydrogens is 803 g/mol. The van der Waals surface area contributed by atoms with E-state index in [1.165, 1.54) is 71.3 Å². The molecule has 4 aromatic heterocycles. The maximum Gasteiger partial charge on any atom is 0.213 e. The Morgan fingerprint density at radius 2 is 0.591 bits per heavy atom. The maximum absolute atomic E-state index is 6.63. The number of fused-ring (bicyclic) bond motifs is 11. The zero-order valence-corrected chi connectivity index (χ0v) is 35.8. The number of nitrogens with zero attached hydrogens (tertiary/aromatic N) is 3. The van der Waals surface area contributed by atoms with Crippen molar-refractivity contribution in [2.45, 2.75) is 0 Å². The lowest BCUT2D eigenvalue weighted by atomic mass is 9.97. The number of furan rings is 1. The summed E-state index contributed by atoms with van der Waals surface area (Å²) in [5.74, 6) is 0. The molecule has 0 radical (unpaired) electrons. The van der Waals surface area contributed by atoms with Crippen LogP contribution in [0.2, 0.25) is 0 Å². The number of hydrogen-bond acceptors (Lipinski definition) is 1. The van der Waals surface area contributed by atoms with Gasteiger partial charge in [0.25, 0.3) is 0 Å². The average Bonchev–Trinajstić information content (AvgIpc) is 4.12. The molecule has 4 heteroatoms. The fourth-order valence-corrected chi connectivity index (χ4v) is 10.6. The minimum Gasteiger partial charge on any atom is -0.439 e. The second-order valence-electron chi connectivity index (χ2n) is 17.3. The Morgan fingerprint density at radius 3 is 1.11 bits per heavy atom. The van der Waals surface area contributed by atoms with Gasteiger partial charge < -0.3 is 13.6 Å². The van der Waals surface area contributed by atoms with E-state index in [-0.39, 0.29) is 0 Å². The fourth-order valence-electron chi connectivity index (χ4n) is 10.6. The summed E-state index contributed by atoms with van der Waals surface area (Å²) in [5, 5.41) is 8.40. The third kappa shape index (κ3) is 5.52. The Bertz CT molecular complexity index is 4190. The van der Waals surface area contributed by atoms with Gasteiger partial charge >= 0.3 is 0 Å². The van der Waals surface area contributed by atoms with Crippen molar-refractivity contribution in [2.24, 2.45) is 0 Å². The molecule has 0 amide bonds. The average molecular weight is 842 g/mol. The Hall–Kier alpha value is -8.86. The molecule has 10 aromatic carbocycles. The highest BCUT2D eigenvalue weighted by molar-refractivity contribution is 6.20. The smallest absolute Gasteiger partial charge is 0.213 e. The van der Waals surface area contributed by atoms with Crippen LogP contribution in [0.5, 0.6) is 0 Å².